The van der Waals surface area contributed by atoms with Crippen LogP contribution >= 0.6 is 11.8 Å². The first-order chi connectivity index (χ1) is 8.22. The Hall–Kier alpha value is -1.49. The van der Waals surface area contributed by atoms with E-state index in [1.165, 1.54) is 12.1 Å². The molecule has 5 heteroatoms. The Balaban J connectivity index is 2.27. The highest BCUT2D eigenvalue weighted by Gasteiger charge is 2.08. The smallest absolute Gasteiger partial charge is 0.140 e. The van der Waals surface area contributed by atoms with Crippen LogP contribution in [0, 0.1) is 5.82 Å². The molecule has 2 aromatic rings. The number of benzene rings is 1. The second-order valence-corrected chi connectivity index (χ2v) is 4.77. The van der Waals surface area contributed by atoms with Crippen LogP contribution in [-0.2, 0) is 0 Å². The minimum absolute atomic E-state index is 0.264. The minimum Gasteiger partial charge on any atom is -0.383 e. The SMILES string of the molecule is CCCSc1cnn(-c2ccc(F)cc2)c1N. The predicted molar refractivity (Wildman–Crippen MR) is 68.9 cm³/mol. The number of thioether (sulfide) groups is 1. The molecule has 2 N–H and O–H groups in total. The molecule has 0 radical (unpaired) electrons. The van der Waals surface area contributed by atoms with Gasteiger partial charge < -0.3 is 5.73 Å². The second-order valence-electron chi connectivity index (χ2n) is 3.63. The van der Waals surface area contributed by atoms with Gasteiger partial charge in [-0.05, 0) is 36.4 Å². The van der Waals surface area contributed by atoms with Gasteiger partial charge in [-0.25, -0.2) is 9.07 Å². The van der Waals surface area contributed by atoms with Crippen molar-refractivity contribution in [1.29, 1.82) is 0 Å². The largest absolute Gasteiger partial charge is 0.383 e. The van der Waals surface area contributed by atoms with Crippen molar-refractivity contribution in [3.05, 3.63) is 36.3 Å². The van der Waals surface area contributed by atoms with E-state index < -0.39 is 0 Å². The number of rotatable bonds is 4. The fourth-order valence-corrected chi connectivity index (χ4v) is 2.23. The van der Waals surface area contributed by atoms with E-state index >= 15 is 0 Å². The van der Waals surface area contributed by atoms with Gasteiger partial charge in [0.05, 0.1) is 16.8 Å². The molecule has 0 amide bonds. The molecule has 1 aromatic carbocycles. The van der Waals surface area contributed by atoms with Crippen LogP contribution in [0.15, 0.2) is 35.4 Å². The van der Waals surface area contributed by atoms with Crippen LogP contribution in [0.1, 0.15) is 13.3 Å². The molecule has 17 heavy (non-hydrogen) atoms. The summed E-state index contributed by atoms with van der Waals surface area (Å²) in [6, 6.07) is 6.12. The predicted octanol–water partition coefficient (Wildman–Crippen LogP) is 3.10. The third kappa shape index (κ3) is 2.61. The molecule has 0 unspecified atom stereocenters. The Morgan fingerprint density at radius 3 is 2.71 bits per heavy atom. The molecule has 1 aromatic heterocycles. The lowest BCUT2D eigenvalue weighted by atomic mass is 10.3. The molecule has 2 rings (SSSR count). The number of nitrogens with two attached hydrogens (primary N) is 1. The van der Waals surface area contributed by atoms with E-state index in [1.54, 1.807) is 34.8 Å². The van der Waals surface area contributed by atoms with Crippen molar-refractivity contribution in [1.82, 2.24) is 9.78 Å². The summed E-state index contributed by atoms with van der Waals surface area (Å²) in [5, 5.41) is 4.22. The number of hydrogen-bond acceptors (Lipinski definition) is 3. The maximum absolute atomic E-state index is 12.8. The Labute approximate surface area is 104 Å². The third-order valence-corrected chi connectivity index (χ3v) is 3.54. The average molecular weight is 251 g/mol. The van der Waals surface area contributed by atoms with E-state index in [0.717, 1.165) is 22.8 Å². The van der Waals surface area contributed by atoms with Crippen LogP contribution in [0.3, 0.4) is 0 Å². The summed E-state index contributed by atoms with van der Waals surface area (Å²) in [6.07, 6.45) is 2.84. The summed E-state index contributed by atoms with van der Waals surface area (Å²) in [6.45, 7) is 2.12. The fourth-order valence-electron chi connectivity index (χ4n) is 1.45. The molecule has 0 aliphatic heterocycles. The molecule has 0 aliphatic rings. The van der Waals surface area contributed by atoms with Gasteiger partial charge in [0.2, 0.25) is 0 Å². The van der Waals surface area contributed by atoms with E-state index in [2.05, 4.69) is 12.0 Å². The quantitative estimate of drug-likeness (QED) is 0.849. The molecule has 0 bridgehead atoms. The topological polar surface area (TPSA) is 43.8 Å². The molecular formula is C12H14FN3S. The molecule has 90 valence electrons. The lowest BCUT2D eigenvalue weighted by Crippen LogP contribution is -2.02. The van der Waals surface area contributed by atoms with Gasteiger partial charge in [-0.3, -0.25) is 0 Å². The maximum Gasteiger partial charge on any atom is 0.140 e. The summed E-state index contributed by atoms with van der Waals surface area (Å²) in [5.41, 5.74) is 6.77. The van der Waals surface area contributed by atoms with Crippen molar-refractivity contribution in [2.24, 2.45) is 0 Å². The van der Waals surface area contributed by atoms with Crippen LogP contribution in [0.5, 0.6) is 0 Å². The number of nitrogens with zero attached hydrogens (tertiary/aromatic N) is 2. The fraction of sp³-hybridized carbons (Fsp3) is 0.250. The van der Waals surface area contributed by atoms with Crippen LogP contribution in [0.4, 0.5) is 10.2 Å². The molecule has 3 nitrogen and oxygen atoms in total. The van der Waals surface area contributed by atoms with Gasteiger partial charge in [0.1, 0.15) is 11.6 Å². The van der Waals surface area contributed by atoms with E-state index in [4.69, 9.17) is 5.73 Å². The molecule has 0 saturated heterocycles. The first-order valence-corrected chi connectivity index (χ1v) is 6.43. The van der Waals surface area contributed by atoms with Gasteiger partial charge in [-0.2, -0.15) is 5.10 Å². The van der Waals surface area contributed by atoms with Gasteiger partial charge in [0.15, 0.2) is 0 Å². The lowest BCUT2D eigenvalue weighted by molar-refractivity contribution is 0.627. The van der Waals surface area contributed by atoms with Crippen LogP contribution in [0.2, 0.25) is 0 Å². The van der Waals surface area contributed by atoms with Crippen molar-refractivity contribution < 1.29 is 4.39 Å². The first kappa shape index (κ1) is 12.0. The van der Waals surface area contributed by atoms with Crippen LogP contribution in [-0.4, -0.2) is 15.5 Å². The zero-order chi connectivity index (χ0) is 12.3. The number of nitrogen functional groups attached to an aromatic ring is 1. The van der Waals surface area contributed by atoms with E-state index in [9.17, 15) is 4.39 Å². The average Bonchev–Trinajstić information content (AvgIpc) is 2.69. The molecule has 0 atom stereocenters. The Morgan fingerprint density at radius 2 is 2.06 bits per heavy atom. The Bertz CT molecular complexity index is 493. The van der Waals surface area contributed by atoms with Crippen LogP contribution < -0.4 is 5.73 Å². The standard InChI is InChI=1S/C12H14FN3S/c1-2-7-17-11-8-15-16(12(11)14)10-5-3-9(13)4-6-10/h3-6,8H,2,7,14H2,1H3. The molecule has 1 heterocycles. The first-order valence-electron chi connectivity index (χ1n) is 5.44. The number of hydrogen-bond donors (Lipinski definition) is 1. The lowest BCUT2D eigenvalue weighted by Gasteiger charge is -2.04. The third-order valence-electron chi connectivity index (χ3n) is 2.30. The molecule has 0 fully saturated rings. The van der Waals surface area contributed by atoms with Crippen LogP contribution in [0.25, 0.3) is 5.69 Å². The van der Waals surface area contributed by atoms with Crippen molar-refractivity contribution in [2.45, 2.75) is 18.2 Å². The van der Waals surface area contributed by atoms with Crippen molar-refractivity contribution in [3.8, 4) is 5.69 Å². The summed E-state index contributed by atoms with van der Waals surface area (Å²) in [5.74, 6) is 1.36. The van der Waals surface area contributed by atoms with Gasteiger partial charge in [0, 0.05) is 0 Å². The van der Waals surface area contributed by atoms with Crippen molar-refractivity contribution >= 4 is 17.6 Å². The zero-order valence-corrected chi connectivity index (χ0v) is 10.4. The summed E-state index contributed by atoms with van der Waals surface area (Å²) < 4.78 is 14.4. The number of aromatic nitrogens is 2. The van der Waals surface area contributed by atoms with Gasteiger partial charge >= 0.3 is 0 Å². The highest BCUT2D eigenvalue weighted by molar-refractivity contribution is 7.99. The Kier molecular flexibility index (Phi) is 3.68. The minimum atomic E-state index is -0.264. The van der Waals surface area contributed by atoms with Gasteiger partial charge in [0.25, 0.3) is 0 Å². The number of halogens is 1. The molecule has 0 saturated carbocycles. The highest BCUT2D eigenvalue weighted by atomic mass is 32.2. The summed E-state index contributed by atoms with van der Waals surface area (Å²) >= 11 is 1.68. The summed E-state index contributed by atoms with van der Waals surface area (Å²) in [7, 11) is 0. The van der Waals surface area contributed by atoms with E-state index in [1.807, 2.05) is 0 Å². The zero-order valence-electron chi connectivity index (χ0n) is 9.56. The normalized spacial score (nSPS) is 10.7. The summed E-state index contributed by atoms with van der Waals surface area (Å²) in [4.78, 5) is 0.969. The van der Waals surface area contributed by atoms with Gasteiger partial charge in [-0.1, -0.05) is 6.92 Å². The van der Waals surface area contributed by atoms with Gasteiger partial charge in [-0.15, -0.1) is 11.8 Å². The maximum atomic E-state index is 12.8. The molecular weight excluding hydrogens is 237 g/mol. The molecule has 0 spiro atoms. The molecule has 0 aliphatic carbocycles. The monoisotopic (exact) mass is 251 g/mol. The van der Waals surface area contributed by atoms with E-state index in [-0.39, 0.29) is 5.82 Å². The number of anilines is 1. The van der Waals surface area contributed by atoms with E-state index in [0.29, 0.717) is 5.82 Å². The second kappa shape index (κ2) is 5.23. The Morgan fingerprint density at radius 1 is 1.35 bits per heavy atom. The van der Waals surface area contributed by atoms with Crippen molar-refractivity contribution in [2.75, 3.05) is 11.5 Å². The van der Waals surface area contributed by atoms with Crippen molar-refractivity contribution in [3.63, 3.8) is 0 Å². The highest BCUT2D eigenvalue weighted by Crippen LogP contribution is 2.27.